The Labute approximate surface area is 94.0 Å². The van der Waals surface area contributed by atoms with Gasteiger partial charge in [0.1, 0.15) is 0 Å². The molecule has 2 N–H and O–H groups in total. The lowest BCUT2D eigenvalue weighted by atomic mass is 10.2. The van der Waals surface area contributed by atoms with Gasteiger partial charge in [-0.15, -0.1) is 0 Å². The summed E-state index contributed by atoms with van der Waals surface area (Å²) in [5.74, 6) is 0.590. The van der Waals surface area contributed by atoms with Crippen LogP contribution in [-0.4, -0.2) is 38.2 Å². The number of rotatable bonds is 6. The maximum Gasteiger partial charge on any atom is 0.201 e. The Morgan fingerprint density at radius 3 is 2.69 bits per heavy atom. The minimum Gasteiger partial charge on any atom is -0.385 e. The predicted octanol–water partition coefficient (Wildman–Crippen LogP) is 1.40. The van der Waals surface area contributed by atoms with E-state index in [0.29, 0.717) is 5.96 Å². The van der Waals surface area contributed by atoms with Crippen molar-refractivity contribution in [2.45, 2.75) is 19.3 Å². The molecule has 0 aromatic carbocycles. The van der Waals surface area contributed by atoms with Gasteiger partial charge < -0.3 is 15.4 Å². The molecule has 0 aromatic rings. The van der Waals surface area contributed by atoms with Gasteiger partial charge in [0.25, 0.3) is 0 Å². The Hall–Kier alpha value is -0.0400. The lowest BCUT2D eigenvalue weighted by Crippen LogP contribution is -2.34. The maximum absolute atomic E-state index is 5.60. The number of halogens is 1. The summed E-state index contributed by atoms with van der Waals surface area (Å²) in [5, 5.41) is 0. The van der Waals surface area contributed by atoms with E-state index in [0.717, 1.165) is 26.0 Å². The molecule has 0 amide bonds. The van der Waals surface area contributed by atoms with E-state index in [4.69, 9.17) is 10.5 Å². The molecule has 0 aliphatic heterocycles. The van der Waals surface area contributed by atoms with Crippen molar-refractivity contribution in [1.82, 2.24) is 4.90 Å². The zero-order chi connectivity index (χ0) is 10.1. The van der Waals surface area contributed by atoms with E-state index < -0.39 is 0 Å². The molecule has 0 saturated carbocycles. The van der Waals surface area contributed by atoms with Gasteiger partial charge in [-0.25, -0.2) is 0 Å². The molecule has 0 radical (unpaired) electrons. The van der Waals surface area contributed by atoms with Crippen LogP contribution >= 0.6 is 22.9 Å². The second-order valence-corrected chi connectivity index (χ2v) is 3.40. The molecule has 13 heavy (non-hydrogen) atoms. The van der Waals surface area contributed by atoms with Crippen LogP contribution in [0.15, 0.2) is 3.21 Å². The van der Waals surface area contributed by atoms with Crippen molar-refractivity contribution in [3.63, 3.8) is 0 Å². The van der Waals surface area contributed by atoms with Gasteiger partial charge in [0.2, 0.25) is 5.96 Å². The molecule has 0 rings (SSSR count). The molecule has 0 aliphatic carbocycles. The van der Waals surface area contributed by atoms with Crippen LogP contribution in [0, 0.1) is 0 Å². The number of nitrogens with zero attached hydrogens (tertiary/aromatic N) is 2. The second-order valence-electron chi connectivity index (χ2n) is 2.92. The fourth-order valence-corrected chi connectivity index (χ4v) is 1.32. The van der Waals surface area contributed by atoms with Crippen molar-refractivity contribution in [1.29, 1.82) is 0 Å². The third-order valence-corrected chi connectivity index (χ3v) is 2.31. The van der Waals surface area contributed by atoms with E-state index in [1.807, 2.05) is 34.8 Å². The van der Waals surface area contributed by atoms with E-state index >= 15 is 0 Å². The van der Waals surface area contributed by atoms with Crippen molar-refractivity contribution in [2.24, 2.45) is 8.94 Å². The molecular formula is C8H18IN3O. The molecule has 78 valence electrons. The summed E-state index contributed by atoms with van der Waals surface area (Å²) < 4.78 is 8.82. The van der Waals surface area contributed by atoms with Gasteiger partial charge in [-0.3, -0.25) is 0 Å². The standard InChI is InChI=1S/C8H18IN3O/c1-12(8(10)11-9)6-4-3-5-7-13-2/h3-7H2,1-2H3,(H2,10,11). The van der Waals surface area contributed by atoms with E-state index in [1.165, 1.54) is 6.42 Å². The van der Waals surface area contributed by atoms with Crippen molar-refractivity contribution >= 4 is 28.8 Å². The first-order valence-corrected chi connectivity index (χ1v) is 5.33. The monoisotopic (exact) mass is 299 g/mol. The Bertz CT molecular complexity index is 152. The van der Waals surface area contributed by atoms with Gasteiger partial charge in [0.05, 0.1) is 22.9 Å². The van der Waals surface area contributed by atoms with Crippen LogP contribution in [0.1, 0.15) is 19.3 Å². The lowest BCUT2D eigenvalue weighted by Gasteiger charge is -2.16. The van der Waals surface area contributed by atoms with Gasteiger partial charge in [-0.1, -0.05) is 0 Å². The molecule has 0 spiro atoms. The third kappa shape index (κ3) is 7.06. The molecule has 4 nitrogen and oxygen atoms in total. The number of hydrogen-bond acceptors (Lipinski definition) is 2. The van der Waals surface area contributed by atoms with Gasteiger partial charge >= 0.3 is 0 Å². The Morgan fingerprint density at radius 2 is 2.15 bits per heavy atom. The van der Waals surface area contributed by atoms with E-state index in [1.54, 1.807) is 7.11 Å². The summed E-state index contributed by atoms with van der Waals surface area (Å²) in [6.45, 7) is 1.81. The highest BCUT2D eigenvalue weighted by atomic mass is 127. The Kier molecular flexibility index (Phi) is 8.53. The molecule has 0 saturated heterocycles. The number of unbranched alkanes of at least 4 members (excludes halogenated alkanes) is 2. The van der Waals surface area contributed by atoms with Crippen LogP contribution in [-0.2, 0) is 4.74 Å². The van der Waals surface area contributed by atoms with Crippen LogP contribution in [0.2, 0.25) is 0 Å². The van der Waals surface area contributed by atoms with Gasteiger partial charge in [-0.2, -0.15) is 3.21 Å². The number of methoxy groups -OCH3 is 1. The van der Waals surface area contributed by atoms with Crippen LogP contribution in [0.4, 0.5) is 0 Å². The molecule has 0 bridgehead atoms. The van der Waals surface area contributed by atoms with Crippen LogP contribution in [0.25, 0.3) is 0 Å². The zero-order valence-corrected chi connectivity index (χ0v) is 10.5. The molecular weight excluding hydrogens is 281 g/mol. The minimum absolute atomic E-state index is 0.590. The van der Waals surface area contributed by atoms with Gasteiger partial charge in [-0.05, 0) is 19.3 Å². The lowest BCUT2D eigenvalue weighted by molar-refractivity contribution is 0.191. The molecule has 0 aromatic heterocycles. The fraction of sp³-hybridized carbons (Fsp3) is 0.875. The van der Waals surface area contributed by atoms with E-state index in [9.17, 15) is 0 Å². The van der Waals surface area contributed by atoms with Crippen LogP contribution in [0.3, 0.4) is 0 Å². The van der Waals surface area contributed by atoms with E-state index in [2.05, 4.69) is 3.21 Å². The van der Waals surface area contributed by atoms with Crippen molar-refractivity contribution in [3.8, 4) is 0 Å². The topological polar surface area (TPSA) is 50.9 Å². The van der Waals surface area contributed by atoms with E-state index in [-0.39, 0.29) is 0 Å². The van der Waals surface area contributed by atoms with Crippen LogP contribution in [0.5, 0.6) is 0 Å². The first-order chi connectivity index (χ1) is 6.22. The molecule has 5 heteroatoms. The SMILES string of the molecule is COCCCCCN(C)C(N)=NI. The first kappa shape index (κ1) is 13.0. The number of hydrogen-bond donors (Lipinski definition) is 1. The average Bonchev–Trinajstić information content (AvgIpc) is 2.16. The normalized spacial score (nSPS) is 11.8. The van der Waals surface area contributed by atoms with Crippen LogP contribution < -0.4 is 5.73 Å². The summed E-state index contributed by atoms with van der Waals surface area (Å²) in [7, 11) is 3.68. The van der Waals surface area contributed by atoms with Crippen molar-refractivity contribution < 1.29 is 4.74 Å². The Morgan fingerprint density at radius 1 is 1.46 bits per heavy atom. The Balaban J connectivity index is 3.32. The minimum atomic E-state index is 0.590. The summed E-state index contributed by atoms with van der Waals surface area (Å²) in [5.41, 5.74) is 5.60. The molecule has 0 aliphatic rings. The highest BCUT2D eigenvalue weighted by molar-refractivity contribution is 14.1. The van der Waals surface area contributed by atoms with Crippen molar-refractivity contribution in [3.05, 3.63) is 0 Å². The molecule has 0 atom stereocenters. The number of nitrogens with two attached hydrogens (primary N) is 1. The van der Waals surface area contributed by atoms with Crippen molar-refractivity contribution in [2.75, 3.05) is 27.3 Å². The summed E-state index contributed by atoms with van der Waals surface area (Å²) in [6, 6.07) is 0. The second kappa shape index (κ2) is 8.55. The molecule has 0 unspecified atom stereocenters. The highest BCUT2D eigenvalue weighted by Crippen LogP contribution is 1.98. The fourth-order valence-electron chi connectivity index (χ4n) is 0.951. The number of guanidine groups is 1. The smallest absolute Gasteiger partial charge is 0.201 e. The molecule has 0 fully saturated rings. The maximum atomic E-state index is 5.60. The number of ether oxygens (including phenoxy) is 1. The summed E-state index contributed by atoms with van der Waals surface area (Å²) in [6.07, 6.45) is 3.42. The molecule has 0 heterocycles. The third-order valence-electron chi connectivity index (χ3n) is 1.82. The van der Waals surface area contributed by atoms with Gasteiger partial charge in [0, 0.05) is 27.3 Å². The highest BCUT2D eigenvalue weighted by Gasteiger charge is 1.99. The largest absolute Gasteiger partial charge is 0.385 e. The quantitative estimate of drug-likeness (QED) is 0.349. The summed E-state index contributed by atoms with van der Waals surface area (Å²) >= 11 is 1.90. The first-order valence-electron chi connectivity index (χ1n) is 4.37. The zero-order valence-electron chi connectivity index (χ0n) is 8.29. The summed E-state index contributed by atoms with van der Waals surface area (Å²) in [4.78, 5) is 1.96. The predicted molar refractivity (Wildman–Crippen MR) is 64.0 cm³/mol. The van der Waals surface area contributed by atoms with Gasteiger partial charge in [0.15, 0.2) is 0 Å². The average molecular weight is 299 g/mol.